The molecule has 19 heavy (non-hydrogen) atoms. The second-order valence-electron chi connectivity index (χ2n) is 5.29. The van der Waals surface area contributed by atoms with Gasteiger partial charge in [-0.1, -0.05) is 18.2 Å². The third-order valence-corrected chi connectivity index (χ3v) is 3.73. The molecule has 1 aromatic carbocycles. The van der Waals surface area contributed by atoms with Crippen molar-refractivity contribution in [2.45, 2.75) is 25.8 Å². The van der Waals surface area contributed by atoms with Gasteiger partial charge in [0.05, 0.1) is 11.7 Å². The Morgan fingerprint density at radius 1 is 1.37 bits per heavy atom. The first kappa shape index (κ1) is 12.4. The van der Waals surface area contributed by atoms with E-state index in [1.807, 2.05) is 24.3 Å². The minimum absolute atomic E-state index is 0.623. The summed E-state index contributed by atoms with van der Waals surface area (Å²) in [6.07, 6.45) is 4.56. The highest BCUT2D eigenvalue weighted by molar-refractivity contribution is 5.79. The summed E-state index contributed by atoms with van der Waals surface area (Å²) in [7, 11) is 0. The lowest BCUT2D eigenvalue weighted by molar-refractivity contribution is 0.303. The van der Waals surface area contributed by atoms with Gasteiger partial charge in [0.2, 0.25) is 0 Å². The standard InChI is InChI=1S/C16H20N2O/c1-12(13-6-7-13)17-8-9-19-15-10-14-4-2-3-5-16(14)18-11-15/h2-5,10-13,17H,6-9H2,1H3. The van der Waals surface area contributed by atoms with E-state index in [1.54, 1.807) is 6.20 Å². The number of para-hydroxylation sites is 1. The number of hydrogen-bond acceptors (Lipinski definition) is 3. The number of benzene rings is 1. The zero-order chi connectivity index (χ0) is 13.1. The molecule has 1 atom stereocenters. The number of aromatic nitrogens is 1. The predicted molar refractivity (Wildman–Crippen MR) is 77.4 cm³/mol. The van der Waals surface area contributed by atoms with Gasteiger partial charge in [-0.25, -0.2) is 0 Å². The van der Waals surface area contributed by atoms with Crippen LogP contribution in [0.5, 0.6) is 5.75 Å². The van der Waals surface area contributed by atoms with Gasteiger partial charge in [-0.15, -0.1) is 0 Å². The fourth-order valence-corrected chi connectivity index (χ4v) is 2.35. The van der Waals surface area contributed by atoms with Crippen molar-refractivity contribution in [3.63, 3.8) is 0 Å². The molecule has 100 valence electrons. The Morgan fingerprint density at radius 3 is 3.05 bits per heavy atom. The number of hydrogen-bond donors (Lipinski definition) is 1. The monoisotopic (exact) mass is 256 g/mol. The van der Waals surface area contributed by atoms with E-state index < -0.39 is 0 Å². The number of fused-ring (bicyclic) bond motifs is 1. The summed E-state index contributed by atoms with van der Waals surface area (Å²) in [6.45, 7) is 3.84. The summed E-state index contributed by atoms with van der Waals surface area (Å²) in [4.78, 5) is 4.39. The van der Waals surface area contributed by atoms with Crippen LogP contribution in [0.15, 0.2) is 36.5 Å². The average molecular weight is 256 g/mol. The van der Waals surface area contributed by atoms with Gasteiger partial charge in [-0.05, 0) is 37.8 Å². The van der Waals surface area contributed by atoms with Crippen LogP contribution >= 0.6 is 0 Å². The van der Waals surface area contributed by atoms with Crippen LogP contribution in [0.1, 0.15) is 19.8 Å². The van der Waals surface area contributed by atoms with Gasteiger partial charge in [0, 0.05) is 18.0 Å². The largest absolute Gasteiger partial charge is 0.491 e. The number of nitrogens with one attached hydrogen (secondary N) is 1. The number of ether oxygens (including phenoxy) is 1. The predicted octanol–water partition coefficient (Wildman–Crippen LogP) is 3.00. The Morgan fingerprint density at radius 2 is 2.21 bits per heavy atom. The molecule has 0 amide bonds. The first-order valence-corrected chi connectivity index (χ1v) is 7.04. The molecular formula is C16H20N2O. The summed E-state index contributed by atoms with van der Waals surface area (Å²) in [5.74, 6) is 1.74. The molecule has 1 heterocycles. The van der Waals surface area contributed by atoms with E-state index in [9.17, 15) is 0 Å². The molecule has 0 spiro atoms. The van der Waals surface area contributed by atoms with E-state index in [4.69, 9.17) is 4.74 Å². The van der Waals surface area contributed by atoms with E-state index in [-0.39, 0.29) is 0 Å². The van der Waals surface area contributed by atoms with Crippen molar-refractivity contribution in [1.82, 2.24) is 10.3 Å². The van der Waals surface area contributed by atoms with Crippen LogP contribution in [0.4, 0.5) is 0 Å². The smallest absolute Gasteiger partial charge is 0.138 e. The highest BCUT2D eigenvalue weighted by Gasteiger charge is 2.27. The minimum atomic E-state index is 0.623. The normalized spacial score (nSPS) is 16.5. The van der Waals surface area contributed by atoms with Gasteiger partial charge in [0.25, 0.3) is 0 Å². The second-order valence-corrected chi connectivity index (χ2v) is 5.29. The van der Waals surface area contributed by atoms with Gasteiger partial charge in [-0.3, -0.25) is 4.98 Å². The third-order valence-electron chi connectivity index (χ3n) is 3.73. The number of pyridine rings is 1. The minimum Gasteiger partial charge on any atom is -0.491 e. The Hall–Kier alpha value is -1.61. The molecule has 1 fully saturated rings. The fourth-order valence-electron chi connectivity index (χ4n) is 2.35. The average Bonchev–Trinajstić information content (AvgIpc) is 3.28. The highest BCUT2D eigenvalue weighted by Crippen LogP contribution is 2.32. The molecule has 1 saturated carbocycles. The topological polar surface area (TPSA) is 34.1 Å². The SMILES string of the molecule is CC(NCCOc1cnc2ccccc2c1)C1CC1. The molecule has 1 aliphatic carbocycles. The van der Waals surface area contributed by atoms with Gasteiger partial charge in [0.15, 0.2) is 0 Å². The molecule has 2 aromatic rings. The molecule has 0 saturated heterocycles. The van der Waals surface area contributed by atoms with Gasteiger partial charge in [-0.2, -0.15) is 0 Å². The molecule has 3 rings (SSSR count). The van der Waals surface area contributed by atoms with Gasteiger partial charge in [0.1, 0.15) is 12.4 Å². The molecule has 1 aliphatic rings. The van der Waals surface area contributed by atoms with E-state index in [2.05, 4.69) is 23.3 Å². The summed E-state index contributed by atoms with van der Waals surface area (Å²) < 4.78 is 5.74. The van der Waals surface area contributed by atoms with Crippen molar-refractivity contribution < 1.29 is 4.74 Å². The van der Waals surface area contributed by atoms with E-state index >= 15 is 0 Å². The molecule has 3 heteroatoms. The van der Waals surface area contributed by atoms with E-state index in [0.29, 0.717) is 12.6 Å². The molecule has 1 aromatic heterocycles. The van der Waals surface area contributed by atoms with Crippen LogP contribution in [-0.2, 0) is 0 Å². The van der Waals surface area contributed by atoms with Crippen LogP contribution in [-0.4, -0.2) is 24.2 Å². The van der Waals surface area contributed by atoms with Crippen LogP contribution < -0.4 is 10.1 Å². The lowest BCUT2D eigenvalue weighted by Gasteiger charge is -2.13. The molecular weight excluding hydrogens is 236 g/mol. The van der Waals surface area contributed by atoms with Crippen LogP contribution in [0.25, 0.3) is 10.9 Å². The zero-order valence-electron chi connectivity index (χ0n) is 11.3. The molecule has 1 unspecified atom stereocenters. The van der Waals surface area contributed by atoms with Crippen molar-refractivity contribution >= 4 is 10.9 Å². The van der Waals surface area contributed by atoms with Crippen molar-refractivity contribution in [3.8, 4) is 5.75 Å². The zero-order valence-corrected chi connectivity index (χ0v) is 11.3. The van der Waals surface area contributed by atoms with Crippen molar-refractivity contribution in [2.24, 2.45) is 5.92 Å². The quantitative estimate of drug-likeness (QED) is 0.807. The van der Waals surface area contributed by atoms with Gasteiger partial charge >= 0.3 is 0 Å². The summed E-state index contributed by atoms with van der Waals surface area (Å²) in [5, 5.41) is 4.63. The Labute approximate surface area is 114 Å². The van der Waals surface area contributed by atoms with Crippen molar-refractivity contribution in [3.05, 3.63) is 36.5 Å². The Kier molecular flexibility index (Phi) is 3.65. The van der Waals surface area contributed by atoms with Crippen molar-refractivity contribution in [1.29, 1.82) is 0 Å². The lowest BCUT2D eigenvalue weighted by atomic mass is 10.2. The second kappa shape index (κ2) is 5.57. The molecule has 0 aliphatic heterocycles. The number of rotatable bonds is 6. The molecule has 3 nitrogen and oxygen atoms in total. The summed E-state index contributed by atoms with van der Waals surface area (Å²) in [5.41, 5.74) is 1.01. The van der Waals surface area contributed by atoms with E-state index in [0.717, 1.165) is 29.1 Å². The van der Waals surface area contributed by atoms with E-state index in [1.165, 1.54) is 12.8 Å². The maximum absolute atomic E-state index is 5.74. The Balaban J connectivity index is 1.50. The molecule has 1 N–H and O–H groups in total. The first-order chi connectivity index (χ1) is 9.33. The molecule has 0 radical (unpaired) electrons. The third kappa shape index (κ3) is 3.24. The summed E-state index contributed by atoms with van der Waals surface area (Å²) >= 11 is 0. The van der Waals surface area contributed by atoms with Crippen LogP contribution in [0.3, 0.4) is 0 Å². The Bertz CT molecular complexity index is 551. The summed E-state index contributed by atoms with van der Waals surface area (Å²) in [6, 6.07) is 10.8. The van der Waals surface area contributed by atoms with Crippen molar-refractivity contribution in [2.75, 3.05) is 13.2 Å². The maximum Gasteiger partial charge on any atom is 0.138 e. The highest BCUT2D eigenvalue weighted by atomic mass is 16.5. The molecule has 0 bridgehead atoms. The lowest BCUT2D eigenvalue weighted by Crippen LogP contribution is -2.31. The fraction of sp³-hybridized carbons (Fsp3) is 0.438. The first-order valence-electron chi connectivity index (χ1n) is 7.04. The van der Waals surface area contributed by atoms with Gasteiger partial charge < -0.3 is 10.1 Å². The number of nitrogens with zero attached hydrogens (tertiary/aromatic N) is 1. The maximum atomic E-state index is 5.74. The van der Waals surface area contributed by atoms with Crippen LogP contribution in [0, 0.1) is 5.92 Å². The van der Waals surface area contributed by atoms with Crippen LogP contribution in [0.2, 0.25) is 0 Å².